The zero-order valence-corrected chi connectivity index (χ0v) is 10.6. The van der Waals surface area contributed by atoms with E-state index in [-0.39, 0.29) is 6.04 Å². The number of nitrogens with zero attached hydrogens (tertiary/aromatic N) is 1. The molecular weight excluding hydrogens is 218 g/mol. The number of nitrogens with two attached hydrogens (primary N) is 1. The molecule has 1 aromatic rings. The molecule has 0 saturated heterocycles. The van der Waals surface area contributed by atoms with Crippen LogP contribution in [-0.2, 0) is 4.74 Å². The van der Waals surface area contributed by atoms with Crippen molar-refractivity contribution in [3.63, 3.8) is 0 Å². The Balaban J connectivity index is 2.84. The van der Waals surface area contributed by atoms with Crippen LogP contribution in [0.3, 0.4) is 0 Å². The van der Waals surface area contributed by atoms with Gasteiger partial charge in [0.2, 0.25) is 0 Å². The largest absolute Gasteiger partial charge is 0.495 e. The molecule has 0 aliphatic heterocycles. The minimum atomic E-state index is 0.0306. The zero-order valence-electron chi connectivity index (χ0n) is 10.6. The van der Waals surface area contributed by atoms with Crippen LogP contribution < -0.4 is 16.0 Å². The van der Waals surface area contributed by atoms with Gasteiger partial charge in [0.15, 0.2) is 0 Å². The summed E-state index contributed by atoms with van der Waals surface area (Å²) in [5, 5.41) is 0. The van der Waals surface area contributed by atoms with Gasteiger partial charge in [0.25, 0.3) is 0 Å². The Bertz CT molecular complexity index is 333. The van der Waals surface area contributed by atoms with Crippen LogP contribution in [0.25, 0.3) is 0 Å². The van der Waals surface area contributed by atoms with E-state index in [4.69, 9.17) is 15.3 Å². The van der Waals surface area contributed by atoms with Gasteiger partial charge in [-0.2, -0.15) is 0 Å². The predicted octanol–water partition coefficient (Wildman–Crippen LogP) is 1.27. The molecule has 17 heavy (non-hydrogen) atoms. The lowest BCUT2D eigenvalue weighted by molar-refractivity contribution is 0.170. The van der Waals surface area contributed by atoms with Crippen molar-refractivity contribution in [1.82, 2.24) is 10.4 Å². The molecule has 96 valence electrons. The summed E-state index contributed by atoms with van der Waals surface area (Å²) in [5.74, 6) is 6.73. The van der Waals surface area contributed by atoms with Gasteiger partial charge in [-0.05, 0) is 18.4 Å². The Kier molecular flexibility index (Phi) is 5.90. The van der Waals surface area contributed by atoms with Crippen LogP contribution in [0.5, 0.6) is 5.75 Å². The number of pyridine rings is 1. The van der Waals surface area contributed by atoms with Crippen molar-refractivity contribution in [3.05, 3.63) is 24.0 Å². The van der Waals surface area contributed by atoms with Gasteiger partial charge in [0.05, 0.1) is 19.3 Å². The Morgan fingerprint density at radius 3 is 2.82 bits per heavy atom. The standard InChI is InChI=1S/C12H21N3O2/c1-9(5-7-16-2)12(15-13)10-4-6-14-8-11(10)17-3/h4,6,8-9,12,15H,5,7,13H2,1-3H3. The number of ether oxygens (including phenoxy) is 2. The summed E-state index contributed by atoms with van der Waals surface area (Å²) in [7, 11) is 3.33. The lowest BCUT2D eigenvalue weighted by Crippen LogP contribution is -2.33. The first-order chi connectivity index (χ1) is 8.24. The molecule has 0 spiro atoms. The third-order valence-electron chi connectivity index (χ3n) is 2.90. The maximum absolute atomic E-state index is 5.63. The summed E-state index contributed by atoms with van der Waals surface area (Å²) >= 11 is 0. The molecule has 0 aliphatic carbocycles. The van der Waals surface area contributed by atoms with Crippen molar-refractivity contribution >= 4 is 0 Å². The molecule has 5 heteroatoms. The molecule has 1 heterocycles. The summed E-state index contributed by atoms with van der Waals surface area (Å²) in [6.45, 7) is 2.84. The molecular formula is C12H21N3O2. The second kappa shape index (κ2) is 7.21. The first-order valence-electron chi connectivity index (χ1n) is 5.67. The van der Waals surface area contributed by atoms with E-state index in [1.165, 1.54) is 0 Å². The average molecular weight is 239 g/mol. The van der Waals surface area contributed by atoms with Gasteiger partial charge >= 0.3 is 0 Å². The maximum atomic E-state index is 5.63. The monoisotopic (exact) mass is 239 g/mol. The molecule has 3 N–H and O–H groups in total. The fourth-order valence-corrected chi connectivity index (χ4v) is 1.85. The number of rotatable bonds is 7. The van der Waals surface area contributed by atoms with Gasteiger partial charge < -0.3 is 9.47 Å². The third-order valence-corrected chi connectivity index (χ3v) is 2.90. The molecule has 5 nitrogen and oxygen atoms in total. The van der Waals surface area contributed by atoms with Crippen molar-refractivity contribution in [2.45, 2.75) is 19.4 Å². The molecule has 2 atom stereocenters. The number of hydrazine groups is 1. The molecule has 0 bridgehead atoms. The normalized spacial score (nSPS) is 14.4. The Morgan fingerprint density at radius 2 is 2.24 bits per heavy atom. The topological polar surface area (TPSA) is 69.4 Å². The smallest absolute Gasteiger partial charge is 0.141 e. The number of hydrogen-bond donors (Lipinski definition) is 2. The molecule has 0 aliphatic rings. The van der Waals surface area contributed by atoms with Crippen molar-refractivity contribution in [3.8, 4) is 5.75 Å². The third kappa shape index (κ3) is 3.66. The van der Waals surface area contributed by atoms with E-state index in [2.05, 4.69) is 17.3 Å². The highest BCUT2D eigenvalue weighted by Crippen LogP contribution is 2.30. The molecule has 0 aromatic carbocycles. The summed E-state index contributed by atoms with van der Waals surface area (Å²) < 4.78 is 10.4. The summed E-state index contributed by atoms with van der Waals surface area (Å²) in [6.07, 6.45) is 4.37. The van der Waals surface area contributed by atoms with Crippen LogP contribution in [0.4, 0.5) is 0 Å². The second-order valence-electron chi connectivity index (χ2n) is 4.02. The van der Waals surface area contributed by atoms with Crippen molar-refractivity contribution in [2.75, 3.05) is 20.8 Å². The van der Waals surface area contributed by atoms with Crippen LogP contribution in [0, 0.1) is 5.92 Å². The molecule has 0 radical (unpaired) electrons. The molecule has 0 fully saturated rings. The Labute approximate surface area is 102 Å². The molecule has 0 saturated carbocycles. The predicted molar refractivity (Wildman–Crippen MR) is 66.5 cm³/mol. The van der Waals surface area contributed by atoms with E-state index in [0.29, 0.717) is 12.5 Å². The highest BCUT2D eigenvalue weighted by molar-refractivity contribution is 5.33. The first kappa shape index (κ1) is 13.9. The first-order valence-corrected chi connectivity index (χ1v) is 5.67. The quantitative estimate of drug-likeness (QED) is 0.554. The zero-order chi connectivity index (χ0) is 12.7. The van der Waals surface area contributed by atoms with E-state index >= 15 is 0 Å². The van der Waals surface area contributed by atoms with Crippen LogP contribution in [0.1, 0.15) is 24.9 Å². The number of methoxy groups -OCH3 is 2. The van der Waals surface area contributed by atoms with E-state index in [9.17, 15) is 0 Å². The van der Waals surface area contributed by atoms with E-state index in [0.717, 1.165) is 17.7 Å². The fraction of sp³-hybridized carbons (Fsp3) is 0.583. The summed E-state index contributed by atoms with van der Waals surface area (Å²) in [4.78, 5) is 4.04. The van der Waals surface area contributed by atoms with Gasteiger partial charge in [-0.25, -0.2) is 0 Å². The molecule has 1 aromatic heterocycles. The van der Waals surface area contributed by atoms with Crippen LogP contribution in [-0.4, -0.2) is 25.8 Å². The van der Waals surface area contributed by atoms with Gasteiger partial charge in [-0.15, -0.1) is 0 Å². The molecule has 0 amide bonds. The highest BCUT2D eigenvalue weighted by atomic mass is 16.5. The van der Waals surface area contributed by atoms with Gasteiger partial charge in [0, 0.05) is 25.5 Å². The Hall–Kier alpha value is -1.17. The van der Waals surface area contributed by atoms with Crippen molar-refractivity contribution in [2.24, 2.45) is 11.8 Å². The van der Waals surface area contributed by atoms with Crippen molar-refractivity contribution < 1.29 is 9.47 Å². The lowest BCUT2D eigenvalue weighted by atomic mass is 9.93. The minimum Gasteiger partial charge on any atom is -0.495 e. The number of hydrogen-bond acceptors (Lipinski definition) is 5. The maximum Gasteiger partial charge on any atom is 0.141 e. The molecule has 1 rings (SSSR count). The fourth-order valence-electron chi connectivity index (χ4n) is 1.85. The van der Waals surface area contributed by atoms with E-state index < -0.39 is 0 Å². The number of nitrogens with one attached hydrogen (secondary N) is 1. The SMILES string of the molecule is COCCC(C)C(NN)c1ccncc1OC. The molecule has 2 unspecified atom stereocenters. The number of aromatic nitrogens is 1. The van der Waals surface area contributed by atoms with E-state index in [1.54, 1.807) is 26.6 Å². The lowest BCUT2D eigenvalue weighted by Gasteiger charge is -2.24. The Morgan fingerprint density at radius 1 is 1.47 bits per heavy atom. The van der Waals surface area contributed by atoms with E-state index in [1.807, 2.05) is 6.07 Å². The van der Waals surface area contributed by atoms with Crippen LogP contribution in [0.2, 0.25) is 0 Å². The van der Waals surface area contributed by atoms with Gasteiger partial charge in [-0.3, -0.25) is 16.3 Å². The second-order valence-corrected chi connectivity index (χ2v) is 4.02. The summed E-state index contributed by atoms with van der Waals surface area (Å²) in [6, 6.07) is 1.95. The van der Waals surface area contributed by atoms with Crippen LogP contribution in [0.15, 0.2) is 18.5 Å². The highest BCUT2D eigenvalue weighted by Gasteiger charge is 2.21. The van der Waals surface area contributed by atoms with Gasteiger partial charge in [0.1, 0.15) is 5.75 Å². The summed E-state index contributed by atoms with van der Waals surface area (Å²) in [5.41, 5.74) is 3.86. The van der Waals surface area contributed by atoms with Crippen LogP contribution >= 0.6 is 0 Å². The minimum absolute atomic E-state index is 0.0306. The average Bonchev–Trinajstić information content (AvgIpc) is 2.37. The van der Waals surface area contributed by atoms with Gasteiger partial charge in [-0.1, -0.05) is 6.92 Å². The van der Waals surface area contributed by atoms with Crippen molar-refractivity contribution in [1.29, 1.82) is 0 Å².